The van der Waals surface area contributed by atoms with E-state index in [9.17, 15) is 0 Å². The Morgan fingerprint density at radius 3 is 2.27 bits per heavy atom. The molecule has 2 nitrogen and oxygen atoms in total. The average Bonchev–Trinajstić information content (AvgIpc) is 3.04. The van der Waals surface area contributed by atoms with Gasteiger partial charge < -0.3 is 4.90 Å². The Morgan fingerprint density at radius 2 is 1.55 bits per heavy atom. The van der Waals surface area contributed by atoms with Gasteiger partial charge in [-0.1, -0.05) is 60.7 Å². The lowest BCUT2D eigenvalue weighted by molar-refractivity contribution is 0.199. The molecular formula is C20H24N2. The van der Waals surface area contributed by atoms with Gasteiger partial charge in [0, 0.05) is 32.2 Å². The van der Waals surface area contributed by atoms with E-state index in [4.69, 9.17) is 0 Å². The van der Waals surface area contributed by atoms with Crippen LogP contribution in [-0.2, 0) is 6.54 Å². The molecular weight excluding hydrogens is 268 g/mol. The van der Waals surface area contributed by atoms with Crippen molar-refractivity contribution in [1.29, 1.82) is 0 Å². The fourth-order valence-corrected chi connectivity index (χ4v) is 4.44. The van der Waals surface area contributed by atoms with Gasteiger partial charge in [-0.15, -0.1) is 0 Å². The van der Waals surface area contributed by atoms with Gasteiger partial charge in [-0.3, -0.25) is 4.90 Å². The average molecular weight is 292 g/mol. The standard InChI is InChI=1S/C20H24N2/c1-21-13-18-14-22(12-16-8-4-2-5-9-16)20(19(18)15-21)17-10-6-3-7-11-17/h2-11,18-20H,12-15H2,1H3/t18-,19+,20+/m1/s1. The summed E-state index contributed by atoms with van der Waals surface area (Å²) in [6.45, 7) is 4.77. The van der Waals surface area contributed by atoms with Crippen LogP contribution >= 0.6 is 0 Å². The summed E-state index contributed by atoms with van der Waals surface area (Å²) in [4.78, 5) is 5.21. The summed E-state index contributed by atoms with van der Waals surface area (Å²) >= 11 is 0. The van der Waals surface area contributed by atoms with Gasteiger partial charge in [0.15, 0.2) is 0 Å². The van der Waals surface area contributed by atoms with Crippen molar-refractivity contribution in [3.8, 4) is 0 Å². The lowest BCUT2D eigenvalue weighted by Crippen LogP contribution is -2.29. The van der Waals surface area contributed by atoms with Crippen LogP contribution in [0.1, 0.15) is 17.2 Å². The molecule has 2 saturated heterocycles. The molecule has 3 atom stereocenters. The highest BCUT2D eigenvalue weighted by Gasteiger charge is 2.46. The third kappa shape index (κ3) is 2.57. The number of benzene rings is 2. The van der Waals surface area contributed by atoms with E-state index >= 15 is 0 Å². The molecule has 2 aromatic rings. The highest BCUT2D eigenvalue weighted by atomic mass is 15.2. The molecule has 2 aromatic carbocycles. The minimum absolute atomic E-state index is 0.566. The van der Waals surface area contributed by atoms with Crippen molar-refractivity contribution in [2.24, 2.45) is 11.8 Å². The second-order valence-corrected chi connectivity index (χ2v) is 6.92. The Morgan fingerprint density at radius 1 is 0.864 bits per heavy atom. The number of rotatable bonds is 3. The number of hydrogen-bond acceptors (Lipinski definition) is 2. The van der Waals surface area contributed by atoms with E-state index < -0.39 is 0 Å². The Kier molecular flexibility index (Phi) is 3.73. The van der Waals surface area contributed by atoms with Crippen molar-refractivity contribution < 1.29 is 0 Å². The first-order chi connectivity index (χ1) is 10.8. The van der Waals surface area contributed by atoms with E-state index in [1.54, 1.807) is 0 Å². The second kappa shape index (κ2) is 5.86. The summed E-state index contributed by atoms with van der Waals surface area (Å²) in [5.74, 6) is 1.59. The molecule has 0 aliphatic carbocycles. The van der Waals surface area contributed by atoms with Crippen molar-refractivity contribution in [1.82, 2.24) is 9.80 Å². The number of hydrogen-bond donors (Lipinski definition) is 0. The molecule has 0 amide bonds. The summed E-state index contributed by atoms with van der Waals surface area (Å²) in [5.41, 5.74) is 2.91. The van der Waals surface area contributed by atoms with E-state index in [2.05, 4.69) is 77.5 Å². The molecule has 0 bridgehead atoms. The maximum Gasteiger partial charge on any atom is 0.0395 e. The Balaban J connectivity index is 1.62. The first-order valence-electron chi connectivity index (χ1n) is 8.33. The van der Waals surface area contributed by atoms with E-state index in [-0.39, 0.29) is 0 Å². The monoisotopic (exact) mass is 292 g/mol. The predicted molar refractivity (Wildman–Crippen MR) is 90.5 cm³/mol. The topological polar surface area (TPSA) is 6.48 Å². The lowest BCUT2D eigenvalue weighted by atomic mass is 9.89. The zero-order chi connectivity index (χ0) is 14.9. The molecule has 2 fully saturated rings. The van der Waals surface area contributed by atoms with Gasteiger partial charge in [0.2, 0.25) is 0 Å². The zero-order valence-corrected chi connectivity index (χ0v) is 13.2. The maximum atomic E-state index is 2.70. The van der Waals surface area contributed by atoms with Gasteiger partial charge in [0.1, 0.15) is 0 Å². The number of fused-ring (bicyclic) bond motifs is 1. The molecule has 22 heavy (non-hydrogen) atoms. The molecule has 0 N–H and O–H groups in total. The highest BCUT2D eigenvalue weighted by molar-refractivity contribution is 5.24. The third-order valence-corrected chi connectivity index (χ3v) is 5.31. The van der Waals surface area contributed by atoms with Crippen LogP contribution in [0.25, 0.3) is 0 Å². The van der Waals surface area contributed by atoms with Gasteiger partial charge in [0.25, 0.3) is 0 Å². The first kappa shape index (κ1) is 14.0. The van der Waals surface area contributed by atoms with Gasteiger partial charge >= 0.3 is 0 Å². The Hall–Kier alpha value is -1.64. The van der Waals surface area contributed by atoms with Crippen molar-refractivity contribution in [3.05, 3.63) is 71.8 Å². The van der Waals surface area contributed by atoms with E-state index in [0.717, 1.165) is 18.4 Å². The predicted octanol–water partition coefficient (Wildman–Crippen LogP) is 3.42. The highest BCUT2D eigenvalue weighted by Crippen LogP contribution is 2.45. The van der Waals surface area contributed by atoms with E-state index in [0.29, 0.717) is 6.04 Å². The molecule has 2 aliphatic rings. The zero-order valence-electron chi connectivity index (χ0n) is 13.2. The fourth-order valence-electron chi connectivity index (χ4n) is 4.44. The first-order valence-corrected chi connectivity index (χ1v) is 8.33. The molecule has 114 valence electrons. The van der Waals surface area contributed by atoms with Crippen LogP contribution in [0.4, 0.5) is 0 Å². The summed E-state index contributed by atoms with van der Waals surface area (Å²) in [5, 5.41) is 0. The fraction of sp³-hybridized carbons (Fsp3) is 0.400. The molecule has 2 heterocycles. The summed E-state index contributed by atoms with van der Waals surface area (Å²) in [6.07, 6.45) is 0. The summed E-state index contributed by atoms with van der Waals surface area (Å²) < 4.78 is 0. The number of likely N-dealkylation sites (tertiary alicyclic amines) is 2. The van der Waals surface area contributed by atoms with Crippen molar-refractivity contribution >= 4 is 0 Å². The van der Waals surface area contributed by atoms with Crippen LogP contribution in [0.3, 0.4) is 0 Å². The van der Waals surface area contributed by atoms with Crippen LogP contribution < -0.4 is 0 Å². The molecule has 2 heteroatoms. The normalized spacial score (nSPS) is 28.9. The molecule has 0 aromatic heterocycles. The van der Waals surface area contributed by atoms with Crippen LogP contribution in [0.2, 0.25) is 0 Å². The molecule has 0 unspecified atom stereocenters. The summed E-state index contributed by atoms with van der Waals surface area (Å²) in [6, 6.07) is 22.6. The van der Waals surface area contributed by atoms with Gasteiger partial charge in [-0.05, 0) is 30.0 Å². The molecule has 0 radical (unpaired) electrons. The smallest absolute Gasteiger partial charge is 0.0395 e. The minimum atomic E-state index is 0.566. The van der Waals surface area contributed by atoms with Crippen LogP contribution in [0.15, 0.2) is 60.7 Å². The number of nitrogens with zero attached hydrogens (tertiary/aromatic N) is 2. The molecule has 4 rings (SSSR count). The van der Waals surface area contributed by atoms with Crippen LogP contribution in [-0.4, -0.2) is 36.5 Å². The van der Waals surface area contributed by atoms with Crippen molar-refractivity contribution in [3.63, 3.8) is 0 Å². The SMILES string of the molecule is CN1C[C@@H]2CN(Cc3ccccc3)[C@@H](c3ccccc3)[C@H]2C1. The maximum absolute atomic E-state index is 2.70. The minimum Gasteiger partial charge on any atom is -0.306 e. The quantitative estimate of drug-likeness (QED) is 0.855. The Labute approximate surface area is 133 Å². The van der Waals surface area contributed by atoms with Gasteiger partial charge in [-0.25, -0.2) is 0 Å². The summed E-state index contributed by atoms with van der Waals surface area (Å²) in [7, 11) is 2.27. The van der Waals surface area contributed by atoms with Crippen molar-refractivity contribution in [2.75, 3.05) is 26.7 Å². The van der Waals surface area contributed by atoms with Crippen LogP contribution in [0, 0.1) is 11.8 Å². The van der Waals surface area contributed by atoms with E-state index in [1.807, 2.05) is 0 Å². The van der Waals surface area contributed by atoms with Gasteiger partial charge in [-0.2, -0.15) is 0 Å². The molecule has 0 spiro atoms. The van der Waals surface area contributed by atoms with E-state index in [1.165, 1.54) is 30.8 Å². The third-order valence-electron chi connectivity index (χ3n) is 5.31. The Bertz CT molecular complexity index is 610. The largest absolute Gasteiger partial charge is 0.306 e. The van der Waals surface area contributed by atoms with Crippen molar-refractivity contribution in [2.45, 2.75) is 12.6 Å². The lowest BCUT2D eigenvalue weighted by Gasteiger charge is -2.29. The molecule has 0 saturated carbocycles. The second-order valence-electron chi connectivity index (χ2n) is 6.92. The van der Waals surface area contributed by atoms with Crippen LogP contribution in [0.5, 0.6) is 0 Å². The van der Waals surface area contributed by atoms with Gasteiger partial charge in [0.05, 0.1) is 0 Å². The molecule has 2 aliphatic heterocycles.